The predicted octanol–water partition coefficient (Wildman–Crippen LogP) is 2.72. The number of hydrogen-bond acceptors (Lipinski definition) is 4. The van der Waals surface area contributed by atoms with Gasteiger partial charge in [-0.15, -0.1) is 0 Å². The zero-order valence-corrected chi connectivity index (χ0v) is 15.4. The van der Waals surface area contributed by atoms with Crippen molar-refractivity contribution in [3.8, 4) is 0 Å². The zero-order valence-electron chi connectivity index (χ0n) is 15.4. The van der Waals surface area contributed by atoms with E-state index in [4.69, 9.17) is 4.74 Å². The summed E-state index contributed by atoms with van der Waals surface area (Å²) < 4.78 is 7.08. The quantitative estimate of drug-likeness (QED) is 0.774. The fourth-order valence-electron chi connectivity index (χ4n) is 3.34. The molecule has 138 valence electrons. The lowest BCUT2D eigenvalue weighted by Crippen LogP contribution is -2.38. The Hall–Kier alpha value is -2.63. The van der Waals surface area contributed by atoms with Crippen molar-refractivity contribution in [2.75, 3.05) is 19.7 Å². The Bertz CT molecular complexity index is 777. The van der Waals surface area contributed by atoms with Crippen molar-refractivity contribution in [3.63, 3.8) is 0 Å². The van der Waals surface area contributed by atoms with Crippen molar-refractivity contribution in [1.82, 2.24) is 14.7 Å². The highest BCUT2D eigenvalue weighted by molar-refractivity contribution is 5.93. The molecule has 1 amide bonds. The molecule has 2 heterocycles. The molecular formula is C20H25N3O3. The summed E-state index contributed by atoms with van der Waals surface area (Å²) >= 11 is 0. The monoisotopic (exact) mass is 355 g/mol. The van der Waals surface area contributed by atoms with Gasteiger partial charge in [-0.1, -0.05) is 30.3 Å². The zero-order chi connectivity index (χ0) is 18.5. The van der Waals surface area contributed by atoms with Crippen molar-refractivity contribution < 1.29 is 14.3 Å². The molecule has 1 aromatic carbocycles. The Balaban J connectivity index is 1.64. The van der Waals surface area contributed by atoms with Crippen LogP contribution < -0.4 is 0 Å². The molecule has 1 fully saturated rings. The van der Waals surface area contributed by atoms with E-state index in [1.165, 1.54) is 0 Å². The lowest BCUT2D eigenvalue weighted by atomic mass is 10.1. The number of nitrogens with zero attached hydrogens (tertiary/aromatic N) is 3. The number of ether oxygens (including phenoxy) is 1. The first-order valence-corrected chi connectivity index (χ1v) is 9.09. The van der Waals surface area contributed by atoms with E-state index in [0.29, 0.717) is 17.8 Å². The molecule has 3 rings (SSSR count). The van der Waals surface area contributed by atoms with Crippen LogP contribution >= 0.6 is 0 Å². The molecule has 0 aliphatic carbocycles. The second kappa shape index (κ2) is 8.17. The number of aryl methyl sites for hydroxylation is 1. The third-order valence-electron chi connectivity index (χ3n) is 4.80. The Kier molecular flexibility index (Phi) is 5.71. The SMILES string of the molecule is Cc1nn(Cc2ccccc2)c(C)c1C(=O)OCC(=O)N1CCCCC1. The lowest BCUT2D eigenvalue weighted by Gasteiger charge is -2.26. The number of benzene rings is 1. The Morgan fingerprint density at radius 2 is 1.77 bits per heavy atom. The normalized spacial score (nSPS) is 14.3. The van der Waals surface area contributed by atoms with Crippen LogP contribution in [0.15, 0.2) is 30.3 Å². The minimum Gasteiger partial charge on any atom is -0.452 e. The van der Waals surface area contributed by atoms with Gasteiger partial charge >= 0.3 is 5.97 Å². The molecule has 1 aliphatic rings. The van der Waals surface area contributed by atoms with Crippen LogP contribution in [-0.2, 0) is 16.1 Å². The average molecular weight is 355 g/mol. The molecule has 0 saturated carbocycles. The van der Waals surface area contributed by atoms with Gasteiger partial charge in [-0.05, 0) is 38.7 Å². The molecule has 26 heavy (non-hydrogen) atoms. The summed E-state index contributed by atoms with van der Waals surface area (Å²) in [5.74, 6) is -0.602. The van der Waals surface area contributed by atoms with Crippen molar-refractivity contribution in [3.05, 3.63) is 52.8 Å². The molecule has 1 saturated heterocycles. The van der Waals surface area contributed by atoms with Crippen LogP contribution in [0.5, 0.6) is 0 Å². The molecule has 0 spiro atoms. The summed E-state index contributed by atoms with van der Waals surface area (Å²) in [6.07, 6.45) is 3.19. The third-order valence-corrected chi connectivity index (χ3v) is 4.80. The van der Waals surface area contributed by atoms with Gasteiger partial charge in [0, 0.05) is 13.1 Å². The number of amides is 1. The molecule has 0 N–H and O–H groups in total. The maximum absolute atomic E-state index is 12.5. The van der Waals surface area contributed by atoms with Gasteiger partial charge in [0.15, 0.2) is 6.61 Å². The van der Waals surface area contributed by atoms with Gasteiger partial charge in [0.25, 0.3) is 5.91 Å². The number of esters is 1. The van der Waals surface area contributed by atoms with Crippen molar-refractivity contribution >= 4 is 11.9 Å². The highest BCUT2D eigenvalue weighted by Crippen LogP contribution is 2.16. The van der Waals surface area contributed by atoms with Crippen LogP contribution in [0.25, 0.3) is 0 Å². The van der Waals surface area contributed by atoms with Crippen LogP contribution in [0.3, 0.4) is 0 Å². The van der Waals surface area contributed by atoms with Gasteiger partial charge in [0.05, 0.1) is 17.9 Å². The summed E-state index contributed by atoms with van der Waals surface area (Å²) in [6.45, 7) is 5.53. The molecule has 0 bridgehead atoms. The summed E-state index contributed by atoms with van der Waals surface area (Å²) in [7, 11) is 0. The van der Waals surface area contributed by atoms with Gasteiger partial charge in [0.2, 0.25) is 0 Å². The fourth-order valence-corrected chi connectivity index (χ4v) is 3.34. The molecule has 0 radical (unpaired) electrons. The Morgan fingerprint density at radius 3 is 2.46 bits per heavy atom. The van der Waals surface area contributed by atoms with E-state index < -0.39 is 5.97 Å². The molecule has 1 aliphatic heterocycles. The molecule has 0 atom stereocenters. The molecule has 6 heteroatoms. The van der Waals surface area contributed by atoms with E-state index >= 15 is 0 Å². The smallest absolute Gasteiger partial charge is 0.342 e. The van der Waals surface area contributed by atoms with E-state index in [9.17, 15) is 9.59 Å². The lowest BCUT2D eigenvalue weighted by molar-refractivity contribution is -0.135. The van der Waals surface area contributed by atoms with Crippen LogP contribution in [0.4, 0.5) is 0 Å². The fraction of sp³-hybridized carbons (Fsp3) is 0.450. The number of aromatic nitrogens is 2. The van der Waals surface area contributed by atoms with Gasteiger partial charge in [-0.25, -0.2) is 4.79 Å². The number of carbonyl (C=O) groups is 2. The summed E-state index contributed by atoms with van der Waals surface area (Å²) in [6, 6.07) is 9.95. The van der Waals surface area contributed by atoms with E-state index in [0.717, 1.165) is 43.6 Å². The first-order chi connectivity index (χ1) is 12.6. The topological polar surface area (TPSA) is 64.4 Å². The highest BCUT2D eigenvalue weighted by atomic mass is 16.5. The van der Waals surface area contributed by atoms with Crippen molar-refractivity contribution in [2.24, 2.45) is 0 Å². The number of hydrogen-bond donors (Lipinski definition) is 0. The maximum atomic E-state index is 12.5. The summed E-state index contributed by atoms with van der Waals surface area (Å²) in [5, 5.41) is 4.46. The summed E-state index contributed by atoms with van der Waals surface area (Å²) in [4.78, 5) is 26.4. The highest BCUT2D eigenvalue weighted by Gasteiger charge is 2.23. The van der Waals surface area contributed by atoms with Crippen LogP contribution in [-0.4, -0.2) is 46.3 Å². The van der Waals surface area contributed by atoms with Crippen molar-refractivity contribution in [2.45, 2.75) is 39.7 Å². The number of carbonyl (C=O) groups excluding carboxylic acids is 2. The second-order valence-electron chi connectivity index (χ2n) is 6.71. The molecule has 1 aromatic heterocycles. The molecule has 2 aromatic rings. The third kappa shape index (κ3) is 4.12. The number of piperidine rings is 1. The van der Waals surface area contributed by atoms with E-state index in [2.05, 4.69) is 5.10 Å². The Labute approximate surface area is 153 Å². The largest absolute Gasteiger partial charge is 0.452 e. The van der Waals surface area contributed by atoms with Gasteiger partial charge in [-0.2, -0.15) is 5.10 Å². The standard InChI is InChI=1S/C20H25N3O3/c1-15-19(16(2)23(21-15)13-17-9-5-3-6-10-17)20(25)26-14-18(24)22-11-7-4-8-12-22/h3,5-6,9-10H,4,7-8,11-14H2,1-2H3. The maximum Gasteiger partial charge on any atom is 0.342 e. The van der Waals surface area contributed by atoms with Crippen LogP contribution in [0, 0.1) is 13.8 Å². The Morgan fingerprint density at radius 1 is 1.08 bits per heavy atom. The first kappa shape index (κ1) is 18.2. The second-order valence-corrected chi connectivity index (χ2v) is 6.71. The number of likely N-dealkylation sites (tertiary alicyclic amines) is 1. The first-order valence-electron chi connectivity index (χ1n) is 9.09. The minimum absolute atomic E-state index is 0.120. The van der Waals surface area contributed by atoms with Gasteiger partial charge < -0.3 is 9.64 Å². The van der Waals surface area contributed by atoms with Crippen LogP contribution in [0.1, 0.15) is 46.6 Å². The minimum atomic E-state index is -0.482. The van der Waals surface area contributed by atoms with E-state index in [-0.39, 0.29) is 12.5 Å². The van der Waals surface area contributed by atoms with Gasteiger partial charge in [-0.3, -0.25) is 9.48 Å². The summed E-state index contributed by atoms with van der Waals surface area (Å²) in [5.41, 5.74) is 2.93. The van der Waals surface area contributed by atoms with Crippen molar-refractivity contribution in [1.29, 1.82) is 0 Å². The molecular weight excluding hydrogens is 330 g/mol. The van der Waals surface area contributed by atoms with E-state index in [1.54, 1.807) is 16.5 Å². The molecule has 6 nitrogen and oxygen atoms in total. The predicted molar refractivity (Wildman–Crippen MR) is 98.0 cm³/mol. The molecule has 0 unspecified atom stereocenters. The van der Waals surface area contributed by atoms with E-state index in [1.807, 2.05) is 37.3 Å². The average Bonchev–Trinajstić information content (AvgIpc) is 2.94. The number of rotatable bonds is 5. The van der Waals surface area contributed by atoms with Gasteiger partial charge in [0.1, 0.15) is 5.56 Å². The van der Waals surface area contributed by atoms with Crippen LogP contribution in [0.2, 0.25) is 0 Å².